The molecule has 0 saturated carbocycles. The summed E-state index contributed by atoms with van der Waals surface area (Å²) >= 11 is 5.97. The number of likely N-dealkylation sites (tertiary alicyclic amines) is 1. The van der Waals surface area contributed by atoms with Gasteiger partial charge in [0.2, 0.25) is 0 Å². The minimum absolute atomic E-state index is 0.127. The van der Waals surface area contributed by atoms with Crippen molar-refractivity contribution < 1.29 is 18.0 Å². The van der Waals surface area contributed by atoms with E-state index in [4.69, 9.17) is 11.6 Å². The molecule has 1 fully saturated rings. The summed E-state index contributed by atoms with van der Waals surface area (Å²) in [4.78, 5) is 14.4. The number of benzene rings is 2. The van der Waals surface area contributed by atoms with Crippen LogP contribution in [-0.4, -0.2) is 40.6 Å². The first-order valence-electron chi connectivity index (χ1n) is 9.68. The number of hydrogen-bond donors (Lipinski definition) is 0. The summed E-state index contributed by atoms with van der Waals surface area (Å²) in [7, 11) is 1.83. The van der Waals surface area contributed by atoms with Gasteiger partial charge in [-0.25, -0.2) is 4.68 Å². The van der Waals surface area contributed by atoms with E-state index in [-0.39, 0.29) is 35.7 Å². The highest BCUT2D eigenvalue weighted by molar-refractivity contribution is 6.30. The summed E-state index contributed by atoms with van der Waals surface area (Å²) in [5.41, 5.74) is 0.188. The van der Waals surface area contributed by atoms with E-state index in [1.807, 2.05) is 11.9 Å². The smallest absolute Gasteiger partial charge is 0.302 e. The van der Waals surface area contributed by atoms with E-state index in [1.54, 1.807) is 54.6 Å². The fourth-order valence-corrected chi connectivity index (χ4v) is 3.75. The van der Waals surface area contributed by atoms with Gasteiger partial charge < -0.3 is 4.90 Å². The number of aromatic nitrogens is 2. The maximum absolute atomic E-state index is 14.3. The average molecular weight is 446 g/mol. The van der Waals surface area contributed by atoms with Crippen LogP contribution in [0.15, 0.2) is 60.2 Å². The van der Waals surface area contributed by atoms with E-state index in [9.17, 15) is 18.0 Å². The molecule has 2 aromatic carbocycles. The maximum Gasteiger partial charge on any atom is 0.434 e. The number of ketones is 1. The summed E-state index contributed by atoms with van der Waals surface area (Å²) in [5, 5.41) is 4.80. The highest BCUT2D eigenvalue weighted by atomic mass is 35.5. The van der Waals surface area contributed by atoms with Crippen molar-refractivity contribution in [3.63, 3.8) is 0 Å². The van der Waals surface area contributed by atoms with E-state index < -0.39 is 11.9 Å². The van der Waals surface area contributed by atoms with Crippen LogP contribution < -0.4 is 0 Å². The zero-order chi connectivity index (χ0) is 22.2. The van der Waals surface area contributed by atoms with Gasteiger partial charge in [-0.1, -0.05) is 41.9 Å². The molecule has 4 rings (SSSR count). The second-order valence-electron chi connectivity index (χ2n) is 7.44. The van der Waals surface area contributed by atoms with Crippen LogP contribution in [0.25, 0.3) is 23.0 Å². The molecule has 2 heterocycles. The molecule has 160 valence electrons. The Bertz CT molecular complexity index is 1140. The molecule has 0 radical (unpaired) electrons. The van der Waals surface area contributed by atoms with Crippen LogP contribution in [0.3, 0.4) is 0 Å². The Balaban J connectivity index is 2.01. The predicted molar refractivity (Wildman–Crippen MR) is 114 cm³/mol. The van der Waals surface area contributed by atoms with Crippen molar-refractivity contribution in [1.29, 1.82) is 0 Å². The first-order valence-corrected chi connectivity index (χ1v) is 10.1. The molecule has 1 aliphatic rings. The molecule has 1 saturated heterocycles. The zero-order valence-electron chi connectivity index (χ0n) is 16.7. The molecule has 8 heteroatoms. The number of piperidine rings is 1. The first-order chi connectivity index (χ1) is 14.7. The topological polar surface area (TPSA) is 38.1 Å². The molecular formula is C23H19ClF3N3O. The van der Waals surface area contributed by atoms with Crippen molar-refractivity contribution >= 4 is 23.5 Å². The van der Waals surface area contributed by atoms with Crippen molar-refractivity contribution in [2.75, 3.05) is 20.1 Å². The number of Topliss-reactive ketones (excluding diaryl/α,β-unsaturated/α-hetero) is 1. The van der Waals surface area contributed by atoms with Crippen molar-refractivity contribution in [3.05, 3.63) is 76.5 Å². The number of hydrogen-bond acceptors (Lipinski definition) is 3. The number of nitrogens with zero attached hydrogens (tertiary/aromatic N) is 3. The Hall–Kier alpha value is -2.90. The molecule has 0 atom stereocenters. The Kier molecular flexibility index (Phi) is 5.73. The molecule has 0 spiro atoms. The van der Waals surface area contributed by atoms with Gasteiger partial charge >= 0.3 is 6.18 Å². The van der Waals surface area contributed by atoms with E-state index >= 15 is 0 Å². The van der Waals surface area contributed by atoms with Crippen LogP contribution in [-0.2, 0) is 11.0 Å². The predicted octanol–water partition coefficient (Wildman–Crippen LogP) is 5.50. The molecule has 0 bridgehead atoms. The second kappa shape index (κ2) is 8.32. The summed E-state index contributed by atoms with van der Waals surface area (Å²) < 4.78 is 43.8. The summed E-state index contributed by atoms with van der Waals surface area (Å²) in [6.45, 7) is 0.863. The summed E-state index contributed by atoms with van der Waals surface area (Å²) in [6, 6.07) is 14.6. The standard InChI is InChI=1S/C23H19ClF3N3O/c1-29-12-11-20(31)16(14-29)13-19-21(15-7-9-17(24)10-8-15)28-30(22(19)23(25,26)27)18-5-3-2-4-6-18/h2-10,13H,11-12,14H2,1H3/b16-13+. The summed E-state index contributed by atoms with van der Waals surface area (Å²) in [6.07, 6.45) is -3.08. The molecule has 31 heavy (non-hydrogen) atoms. The fourth-order valence-electron chi connectivity index (χ4n) is 3.63. The Morgan fingerprint density at radius 1 is 1.06 bits per heavy atom. The molecular weight excluding hydrogens is 427 g/mol. The van der Waals surface area contributed by atoms with Crippen molar-refractivity contribution in [2.45, 2.75) is 12.6 Å². The van der Waals surface area contributed by atoms with Gasteiger partial charge in [0.05, 0.1) is 5.69 Å². The zero-order valence-corrected chi connectivity index (χ0v) is 17.4. The maximum atomic E-state index is 14.3. The van der Waals surface area contributed by atoms with Gasteiger partial charge in [-0.2, -0.15) is 18.3 Å². The van der Waals surface area contributed by atoms with Gasteiger partial charge in [-0.3, -0.25) is 4.79 Å². The van der Waals surface area contributed by atoms with Gasteiger partial charge in [0.1, 0.15) is 5.69 Å². The van der Waals surface area contributed by atoms with Crippen molar-refractivity contribution in [2.24, 2.45) is 0 Å². The summed E-state index contributed by atoms with van der Waals surface area (Å²) in [5.74, 6) is -0.152. The minimum Gasteiger partial charge on any atom is -0.302 e. The van der Waals surface area contributed by atoms with Gasteiger partial charge in [0.15, 0.2) is 11.5 Å². The number of alkyl halides is 3. The number of halogens is 4. The second-order valence-corrected chi connectivity index (χ2v) is 7.88. The van der Waals surface area contributed by atoms with E-state index in [1.165, 1.54) is 6.08 Å². The molecule has 3 aromatic rings. The van der Waals surface area contributed by atoms with Crippen LogP contribution in [0.2, 0.25) is 5.02 Å². The lowest BCUT2D eigenvalue weighted by Gasteiger charge is -2.23. The highest BCUT2D eigenvalue weighted by Gasteiger charge is 2.40. The first kappa shape index (κ1) is 21.3. The van der Waals surface area contributed by atoms with Gasteiger partial charge in [-0.05, 0) is 37.4 Å². The Labute approximate surface area is 182 Å². The molecule has 0 N–H and O–H groups in total. The van der Waals surface area contributed by atoms with Crippen LogP contribution in [0, 0.1) is 0 Å². The minimum atomic E-state index is -4.69. The average Bonchev–Trinajstić information content (AvgIpc) is 3.11. The van der Waals surface area contributed by atoms with Crippen molar-refractivity contribution in [3.8, 4) is 16.9 Å². The number of carbonyl (C=O) groups is 1. The molecule has 0 unspecified atom stereocenters. The largest absolute Gasteiger partial charge is 0.434 e. The number of para-hydroxylation sites is 1. The lowest BCUT2D eigenvalue weighted by molar-refractivity contribution is -0.143. The highest BCUT2D eigenvalue weighted by Crippen LogP contribution is 2.40. The monoisotopic (exact) mass is 445 g/mol. The molecule has 0 aliphatic carbocycles. The SMILES string of the molecule is CN1CCC(=O)/C(=C/c2c(-c3ccc(Cl)cc3)nn(-c3ccccc3)c2C(F)(F)F)C1. The Morgan fingerprint density at radius 2 is 1.74 bits per heavy atom. The van der Waals surface area contributed by atoms with Gasteiger partial charge in [0, 0.05) is 41.2 Å². The molecule has 0 amide bonds. The van der Waals surface area contributed by atoms with Crippen LogP contribution in [0.5, 0.6) is 0 Å². The van der Waals surface area contributed by atoms with E-state index in [2.05, 4.69) is 5.10 Å². The van der Waals surface area contributed by atoms with Crippen LogP contribution >= 0.6 is 11.6 Å². The normalized spacial score (nSPS) is 16.8. The number of carbonyl (C=O) groups excluding carboxylic acids is 1. The quantitative estimate of drug-likeness (QED) is 0.500. The molecule has 4 nitrogen and oxygen atoms in total. The van der Waals surface area contributed by atoms with E-state index in [0.717, 1.165) is 4.68 Å². The lowest BCUT2D eigenvalue weighted by Crippen LogP contribution is -2.32. The van der Waals surface area contributed by atoms with Crippen molar-refractivity contribution in [1.82, 2.24) is 14.7 Å². The van der Waals surface area contributed by atoms with Gasteiger partial charge in [-0.15, -0.1) is 0 Å². The number of likely N-dealkylation sites (N-methyl/N-ethyl adjacent to an activating group) is 1. The van der Waals surface area contributed by atoms with Crippen LogP contribution in [0.1, 0.15) is 17.7 Å². The third-order valence-corrected chi connectivity index (χ3v) is 5.40. The third-order valence-electron chi connectivity index (χ3n) is 5.15. The van der Waals surface area contributed by atoms with Gasteiger partial charge in [0.25, 0.3) is 0 Å². The lowest BCUT2D eigenvalue weighted by atomic mass is 9.97. The third kappa shape index (κ3) is 4.43. The number of rotatable bonds is 3. The van der Waals surface area contributed by atoms with E-state index in [0.29, 0.717) is 22.7 Å². The molecule has 1 aliphatic heterocycles. The fraction of sp³-hybridized carbons (Fsp3) is 0.217. The Morgan fingerprint density at radius 3 is 2.39 bits per heavy atom. The molecule has 1 aromatic heterocycles. The van der Waals surface area contributed by atoms with Crippen LogP contribution in [0.4, 0.5) is 13.2 Å².